The highest BCUT2D eigenvalue weighted by atomic mass is 35.5. The van der Waals surface area contributed by atoms with Gasteiger partial charge < -0.3 is 0 Å². The largest absolute Gasteiger partial charge is 0.174 e. The minimum atomic E-state index is 0.768. The summed E-state index contributed by atoms with van der Waals surface area (Å²) in [6, 6.07) is 7.83. The molecule has 1 aromatic carbocycles. The van der Waals surface area contributed by atoms with Crippen molar-refractivity contribution in [3.63, 3.8) is 0 Å². The number of benzene rings is 1. The van der Waals surface area contributed by atoms with Crippen LogP contribution >= 0.6 is 46.5 Å². The van der Waals surface area contributed by atoms with Crippen LogP contribution in [0.25, 0.3) is 0 Å². The van der Waals surface area contributed by atoms with E-state index in [0.29, 0.717) is 0 Å². The van der Waals surface area contributed by atoms with Crippen molar-refractivity contribution in [2.75, 3.05) is 6.26 Å². The van der Waals surface area contributed by atoms with Gasteiger partial charge in [-0.2, -0.15) is 0 Å². The Kier molecular flexibility index (Phi) is 4.52. The second-order valence-electron chi connectivity index (χ2n) is 2.91. The fourth-order valence-electron chi connectivity index (χ4n) is 1.05. The van der Waals surface area contributed by atoms with E-state index in [2.05, 4.69) is 10.2 Å². The predicted octanol–water partition coefficient (Wildman–Crippen LogP) is 4.21. The molecule has 0 aliphatic carbocycles. The number of halogens is 1. The van der Waals surface area contributed by atoms with Gasteiger partial charge in [-0.25, -0.2) is 0 Å². The SMILES string of the molecule is CSc1nnc(CSc2ccc(Cl)cc2)s1. The quantitative estimate of drug-likeness (QED) is 0.787. The zero-order valence-corrected chi connectivity index (χ0v) is 11.7. The van der Waals surface area contributed by atoms with E-state index in [0.717, 1.165) is 20.1 Å². The van der Waals surface area contributed by atoms with Crippen LogP contribution in [0.2, 0.25) is 5.02 Å². The smallest absolute Gasteiger partial charge is 0.142 e. The molecule has 0 saturated heterocycles. The number of rotatable bonds is 4. The Morgan fingerprint density at radius 2 is 2.00 bits per heavy atom. The first kappa shape index (κ1) is 12.2. The molecule has 0 radical (unpaired) electrons. The van der Waals surface area contributed by atoms with Crippen LogP contribution in [0, 0.1) is 0 Å². The van der Waals surface area contributed by atoms with Crippen LogP contribution in [0.3, 0.4) is 0 Å². The molecule has 0 saturated carbocycles. The first-order valence-electron chi connectivity index (χ1n) is 4.52. The molecule has 1 aromatic heterocycles. The Bertz CT molecular complexity index is 455. The van der Waals surface area contributed by atoms with Crippen molar-refractivity contribution in [3.8, 4) is 0 Å². The van der Waals surface area contributed by atoms with E-state index >= 15 is 0 Å². The molecule has 0 aliphatic heterocycles. The molecular formula is C10H9ClN2S3. The average molecular weight is 289 g/mol. The van der Waals surface area contributed by atoms with Gasteiger partial charge in [-0.3, -0.25) is 0 Å². The Balaban J connectivity index is 1.94. The minimum absolute atomic E-state index is 0.768. The molecule has 0 N–H and O–H groups in total. The average Bonchev–Trinajstić information content (AvgIpc) is 2.76. The molecule has 0 spiro atoms. The van der Waals surface area contributed by atoms with E-state index in [9.17, 15) is 0 Å². The third-order valence-electron chi connectivity index (χ3n) is 1.80. The highest BCUT2D eigenvalue weighted by Gasteiger charge is 2.03. The summed E-state index contributed by atoms with van der Waals surface area (Å²) in [5, 5.41) is 10.0. The molecule has 0 unspecified atom stereocenters. The monoisotopic (exact) mass is 288 g/mol. The molecule has 84 valence electrons. The lowest BCUT2D eigenvalue weighted by Gasteiger charge is -1.98. The minimum Gasteiger partial charge on any atom is -0.142 e. The number of hydrogen-bond donors (Lipinski definition) is 0. The third-order valence-corrected chi connectivity index (χ3v) is 5.16. The molecule has 0 fully saturated rings. The van der Waals surface area contributed by atoms with Crippen LogP contribution in [0.1, 0.15) is 5.01 Å². The van der Waals surface area contributed by atoms with Gasteiger partial charge >= 0.3 is 0 Å². The van der Waals surface area contributed by atoms with Gasteiger partial charge in [0, 0.05) is 9.92 Å². The van der Waals surface area contributed by atoms with Crippen LogP contribution < -0.4 is 0 Å². The number of nitrogens with zero attached hydrogens (tertiary/aromatic N) is 2. The van der Waals surface area contributed by atoms with Gasteiger partial charge in [0.1, 0.15) is 5.01 Å². The lowest BCUT2D eigenvalue weighted by molar-refractivity contribution is 0.980. The van der Waals surface area contributed by atoms with Crippen molar-refractivity contribution in [1.29, 1.82) is 0 Å². The zero-order valence-electron chi connectivity index (χ0n) is 8.51. The number of hydrogen-bond acceptors (Lipinski definition) is 5. The lowest BCUT2D eigenvalue weighted by Crippen LogP contribution is -1.79. The summed E-state index contributed by atoms with van der Waals surface area (Å²) in [6.07, 6.45) is 2.01. The summed E-state index contributed by atoms with van der Waals surface area (Å²) in [6.45, 7) is 0. The number of aromatic nitrogens is 2. The predicted molar refractivity (Wildman–Crippen MR) is 72.7 cm³/mol. The van der Waals surface area contributed by atoms with Gasteiger partial charge in [0.05, 0.1) is 5.75 Å². The Morgan fingerprint density at radius 3 is 2.62 bits per heavy atom. The van der Waals surface area contributed by atoms with Gasteiger partial charge in [-0.15, -0.1) is 22.0 Å². The highest BCUT2D eigenvalue weighted by molar-refractivity contribution is 8.00. The molecule has 1 heterocycles. The van der Waals surface area contributed by atoms with E-state index in [1.54, 1.807) is 34.9 Å². The van der Waals surface area contributed by atoms with Gasteiger partial charge in [-0.1, -0.05) is 34.7 Å². The highest BCUT2D eigenvalue weighted by Crippen LogP contribution is 2.27. The Morgan fingerprint density at radius 1 is 1.25 bits per heavy atom. The molecular weight excluding hydrogens is 280 g/mol. The molecule has 2 rings (SSSR count). The van der Waals surface area contributed by atoms with Crippen LogP contribution in [-0.4, -0.2) is 16.5 Å². The van der Waals surface area contributed by atoms with Crippen LogP contribution in [-0.2, 0) is 5.75 Å². The van der Waals surface area contributed by atoms with Gasteiger partial charge in [-0.05, 0) is 30.5 Å². The fraction of sp³-hybridized carbons (Fsp3) is 0.200. The second kappa shape index (κ2) is 5.91. The zero-order chi connectivity index (χ0) is 11.4. The fourth-order valence-corrected chi connectivity index (χ4v) is 3.38. The molecule has 0 aliphatic rings. The van der Waals surface area contributed by atoms with Crippen molar-refractivity contribution in [2.45, 2.75) is 15.0 Å². The van der Waals surface area contributed by atoms with Gasteiger partial charge in [0.25, 0.3) is 0 Å². The first-order chi connectivity index (χ1) is 7.78. The van der Waals surface area contributed by atoms with Gasteiger partial charge in [0.2, 0.25) is 0 Å². The summed E-state index contributed by atoms with van der Waals surface area (Å²) >= 11 is 10.8. The maximum atomic E-state index is 5.82. The lowest BCUT2D eigenvalue weighted by atomic mass is 10.4. The van der Waals surface area contributed by atoms with E-state index in [-0.39, 0.29) is 0 Å². The van der Waals surface area contributed by atoms with Crippen molar-refractivity contribution < 1.29 is 0 Å². The van der Waals surface area contributed by atoms with E-state index in [1.165, 1.54) is 4.90 Å². The molecule has 6 heteroatoms. The second-order valence-corrected chi connectivity index (χ2v) is 6.51. The maximum Gasteiger partial charge on any atom is 0.174 e. The third kappa shape index (κ3) is 3.38. The standard InChI is InChI=1S/C10H9ClN2S3/c1-14-10-13-12-9(16-10)6-15-8-4-2-7(11)3-5-8/h2-5H,6H2,1H3. The molecule has 0 amide bonds. The van der Waals surface area contributed by atoms with Crippen molar-refractivity contribution in [3.05, 3.63) is 34.3 Å². The van der Waals surface area contributed by atoms with Crippen molar-refractivity contribution in [2.24, 2.45) is 0 Å². The summed E-state index contributed by atoms with van der Waals surface area (Å²) in [7, 11) is 0. The number of thioether (sulfide) groups is 2. The normalized spacial score (nSPS) is 10.6. The molecule has 16 heavy (non-hydrogen) atoms. The Hall–Kier alpha value is -0.230. The van der Waals surface area contributed by atoms with E-state index in [1.807, 2.05) is 30.5 Å². The maximum absolute atomic E-state index is 5.82. The topological polar surface area (TPSA) is 25.8 Å². The van der Waals surface area contributed by atoms with Gasteiger partial charge in [0.15, 0.2) is 4.34 Å². The summed E-state index contributed by atoms with van der Waals surface area (Å²) in [5.41, 5.74) is 0. The summed E-state index contributed by atoms with van der Waals surface area (Å²) in [4.78, 5) is 1.20. The van der Waals surface area contributed by atoms with E-state index in [4.69, 9.17) is 11.6 Å². The molecule has 2 aromatic rings. The summed E-state index contributed by atoms with van der Waals surface area (Å²) in [5.74, 6) is 0.861. The molecule has 0 bridgehead atoms. The van der Waals surface area contributed by atoms with Crippen LogP contribution in [0.5, 0.6) is 0 Å². The summed E-state index contributed by atoms with van der Waals surface area (Å²) < 4.78 is 1.02. The van der Waals surface area contributed by atoms with Crippen LogP contribution in [0.15, 0.2) is 33.5 Å². The molecule has 0 atom stereocenters. The molecule has 2 nitrogen and oxygen atoms in total. The van der Waals surface area contributed by atoms with Crippen LogP contribution in [0.4, 0.5) is 0 Å². The van der Waals surface area contributed by atoms with Crippen molar-refractivity contribution in [1.82, 2.24) is 10.2 Å². The van der Waals surface area contributed by atoms with Crippen molar-refractivity contribution >= 4 is 46.5 Å². The first-order valence-corrected chi connectivity index (χ1v) is 7.93. The van der Waals surface area contributed by atoms with E-state index < -0.39 is 0 Å². The Labute approximate surface area is 112 Å².